The minimum Gasteiger partial charge on any atom is -0.478 e. The van der Waals surface area contributed by atoms with Gasteiger partial charge in [0.25, 0.3) is 22.7 Å². The second-order valence-corrected chi connectivity index (χ2v) is 9.68. The van der Waals surface area contributed by atoms with Gasteiger partial charge in [-0.05, 0) is 35.4 Å². The third kappa shape index (κ3) is 6.03. The number of carboxylic acids is 1. The molecule has 0 aliphatic carbocycles. The van der Waals surface area contributed by atoms with Gasteiger partial charge >= 0.3 is 5.97 Å². The minimum absolute atomic E-state index is 0.0296. The van der Waals surface area contributed by atoms with Crippen molar-refractivity contribution in [2.45, 2.75) is 19.1 Å². The number of carbonyl (C=O) groups excluding carboxylic acids is 3. The average Bonchev–Trinajstić information content (AvgIpc) is 3.51. The van der Waals surface area contributed by atoms with Gasteiger partial charge in [0.15, 0.2) is 5.65 Å². The van der Waals surface area contributed by atoms with Crippen molar-refractivity contribution < 1.29 is 28.7 Å². The van der Waals surface area contributed by atoms with E-state index in [0.717, 1.165) is 10.6 Å². The Morgan fingerprint density at radius 2 is 1.71 bits per heavy atom. The number of hydrogen-bond donors (Lipinski definition) is 6. The van der Waals surface area contributed by atoms with E-state index in [2.05, 4.69) is 31.2 Å². The highest BCUT2D eigenvalue weighted by atomic mass is 19.1. The maximum absolute atomic E-state index is 14.4. The molecule has 2 heterocycles. The summed E-state index contributed by atoms with van der Waals surface area (Å²) in [6.07, 6.45) is 1.20. The minimum atomic E-state index is -1.36. The maximum Gasteiger partial charge on any atom is 0.335 e. The molecule has 17 heteroatoms. The van der Waals surface area contributed by atoms with Gasteiger partial charge in [0.2, 0.25) is 5.91 Å². The number of anilines is 2. The van der Waals surface area contributed by atoms with Crippen LogP contribution in [0.2, 0.25) is 0 Å². The summed E-state index contributed by atoms with van der Waals surface area (Å²) >= 11 is 0. The second-order valence-electron chi connectivity index (χ2n) is 9.68. The van der Waals surface area contributed by atoms with Crippen LogP contribution in [0.5, 0.6) is 0 Å². The lowest BCUT2D eigenvalue weighted by Crippen LogP contribution is -2.38. The quantitative estimate of drug-likeness (QED) is 0.104. The van der Waals surface area contributed by atoms with Crippen molar-refractivity contribution in [3.63, 3.8) is 0 Å². The highest BCUT2D eigenvalue weighted by molar-refractivity contribution is 6.00. The van der Waals surface area contributed by atoms with E-state index in [9.17, 15) is 33.2 Å². The van der Waals surface area contributed by atoms with Crippen LogP contribution in [0.3, 0.4) is 0 Å². The van der Waals surface area contributed by atoms with E-state index in [1.54, 1.807) is 0 Å². The van der Waals surface area contributed by atoms with Crippen molar-refractivity contribution in [2.75, 3.05) is 11.1 Å². The summed E-state index contributed by atoms with van der Waals surface area (Å²) in [5, 5.41) is 24.3. The molecule has 5 rings (SSSR count). The molecule has 0 saturated heterocycles. The van der Waals surface area contributed by atoms with E-state index >= 15 is 0 Å². The van der Waals surface area contributed by atoms with E-state index in [0.29, 0.717) is 5.56 Å². The number of amides is 3. The number of nitrogens with two attached hydrogens (primary N) is 2. The summed E-state index contributed by atoms with van der Waals surface area (Å²) in [7, 11) is 0. The van der Waals surface area contributed by atoms with Gasteiger partial charge in [0.1, 0.15) is 34.6 Å². The molecule has 45 heavy (non-hydrogen) atoms. The van der Waals surface area contributed by atoms with Crippen molar-refractivity contribution in [3.8, 4) is 0 Å². The molecular weight excluding hydrogens is 593 g/mol. The summed E-state index contributed by atoms with van der Waals surface area (Å²) in [6.45, 7) is -0.236. The number of nitrogen functional groups attached to an aromatic ring is 1. The van der Waals surface area contributed by atoms with Crippen molar-refractivity contribution in [3.05, 3.63) is 115 Å². The molecule has 0 saturated carbocycles. The lowest BCUT2D eigenvalue weighted by atomic mass is 10.0. The van der Waals surface area contributed by atoms with Crippen LogP contribution in [0.25, 0.3) is 5.65 Å². The van der Waals surface area contributed by atoms with E-state index in [1.807, 2.05) is 0 Å². The number of aromatic carboxylic acids is 1. The molecule has 1 atom stereocenters. The number of primary amides is 1. The predicted octanol–water partition coefficient (Wildman–Crippen LogP) is -0.362. The Labute approximate surface area is 250 Å². The number of carboxylic acid groups (broad SMARTS) is 1. The fraction of sp³-hybridized carbons (Fsp3) is 0.107. The summed E-state index contributed by atoms with van der Waals surface area (Å²) in [5.74, 6) is -4.30. The second kappa shape index (κ2) is 12.0. The summed E-state index contributed by atoms with van der Waals surface area (Å²) < 4.78 is 15.4. The van der Waals surface area contributed by atoms with Gasteiger partial charge in [-0.25, -0.2) is 14.2 Å². The molecule has 0 unspecified atom stereocenters. The Hall–Kier alpha value is -6.52. The molecular formula is C28H22FN9O7. The first-order chi connectivity index (χ1) is 21.4. The van der Waals surface area contributed by atoms with Gasteiger partial charge in [-0.2, -0.15) is 4.52 Å². The first kappa shape index (κ1) is 30.0. The molecule has 3 amide bonds. The third-order valence-corrected chi connectivity index (χ3v) is 6.75. The fourth-order valence-electron chi connectivity index (χ4n) is 4.36. The van der Waals surface area contributed by atoms with E-state index in [-0.39, 0.29) is 58.2 Å². The number of aromatic nitrogens is 4. The van der Waals surface area contributed by atoms with Crippen LogP contribution < -0.4 is 38.3 Å². The molecule has 0 aliphatic heterocycles. The van der Waals surface area contributed by atoms with Crippen LogP contribution in [-0.4, -0.2) is 48.6 Å². The molecule has 5 aromatic rings. The Balaban J connectivity index is 1.31. The maximum atomic E-state index is 14.4. The highest BCUT2D eigenvalue weighted by Crippen LogP contribution is 2.17. The van der Waals surface area contributed by atoms with Gasteiger partial charge in [0.05, 0.1) is 11.8 Å². The fourth-order valence-corrected chi connectivity index (χ4v) is 4.36. The van der Waals surface area contributed by atoms with Crippen molar-refractivity contribution in [2.24, 2.45) is 5.73 Å². The largest absolute Gasteiger partial charge is 0.478 e. The SMILES string of the molecule is NC(=O)[C@H](NC(=O)c1cc(C(=O)NCc2ccc(F)c(CNc3c(N)c(=O)c3=O)c2)nc2cnnn12)c1ccc(C(=O)O)cc1. The van der Waals surface area contributed by atoms with Gasteiger partial charge < -0.3 is 32.5 Å². The summed E-state index contributed by atoms with van der Waals surface area (Å²) in [5.41, 5.74) is 9.45. The first-order valence-electron chi connectivity index (χ1n) is 13.0. The zero-order chi connectivity index (χ0) is 32.4. The number of fused-ring (bicyclic) bond motifs is 1. The van der Waals surface area contributed by atoms with Crippen molar-refractivity contribution in [1.29, 1.82) is 0 Å². The zero-order valence-corrected chi connectivity index (χ0v) is 22.9. The standard InChI is InChI=1S/C28H22FN9O7/c29-16-6-1-12(7-15(16)10-32-22-20(30)23(39)24(22)40)9-33-26(42)17-8-18(38-19(35-17)11-34-37-38)27(43)36-21(25(31)41)13-2-4-14(5-3-13)28(44)45/h1-8,11,21,32H,9-10,30H2,(H2,31,41)(H,33,42)(H,36,43)(H,44,45)/t21-/m1/s1. The number of nitrogens with zero attached hydrogens (tertiary/aromatic N) is 4. The molecule has 0 bridgehead atoms. The molecule has 8 N–H and O–H groups in total. The van der Waals surface area contributed by atoms with Crippen LogP contribution in [0.1, 0.15) is 54.1 Å². The van der Waals surface area contributed by atoms with Crippen LogP contribution in [0.4, 0.5) is 15.8 Å². The van der Waals surface area contributed by atoms with Gasteiger partial charge in [-0.3, -0.25) is 24.0 Å². The number of benzene rings is 2. The summed E-state index contributed by atoms with van der Waals surface area (Å²) in [4.78, 5) is 76.7. The Morgan fingerprint density at radius 1 is 0.978 bits per heavy atom. The van der Waals surface area contributed by atoms with E-state index < -0.39 is 46.4 Å². The number of nitrogens with one attached hydrogen (secondary N) is 3. The average molecular weight is 616 g/mol. The number of rotatable bonds is 11. The molecule has 0 aliphatic rings. The summed E-state index contributed by atoms with van der Waals surface area (Å²) in [6, 6.07) is 8.93. The van der Waals surface area contributed by atoms with Gasteiger partial charge in [-0.1, -0.05) is 23.4 Å². The first-order valence-corrected chi connectivity index (χ1v) is 13.0. The van der Waals surface area contributed by atoms with Crippen LogP contribution in [0, 0.1) is 5.82 Å². The molecule has 0 fully saturated rings. The van der Waals surface area contributed by atoms with Crippen molar-refractivity contribution >= 4 is 40.7 Å². The normalized spacial score (nSPS) is 11.7. The van der Waals surface area contributed by atoms with E-state index in [1.165, 1.54) is 48.7 Å². The van der Waals surface area contributed by atoms with Crippen molar-refractivity contribution in [1.82, 2.24) is 30.4 Å². The molecule has 2 aromatic heterocycles. The van der Waals surface area contributed by atoms with Crippen LogP contribution >= 0.6 is 0 Å². The number of hydrogen-bond acceptors (Lipinski definition) is 11. The Morgan fingerprint density at radius 3 is 2.38 bits per heavy atom. The molecule has 3 aromatic carbocycles. The molecule has 16 nitrogen and oxygen atoms in total. The van der Waals surface area contributed by atoms with Crippen LogP contribution in [-0.2, 0) is 17.9 Å². The molecule has 0 spiro atoms. The van der Waals surface area contributed by atoms with Gasteiger partial charge in [-0.15, -0.1) is 5.10 Å². The monoisotopic (exact) mass is 615 g/mol. The number of carbonyl (C=O) groups is 4. The third-order valence-electron chi connectivity index (χ3n) is 6.75. The smallest absolute Gasteiger partial charge is 0.335 e. The number of halogens is 1. The zero-order valence-electron chi connectivity index (χ0n) is 22.9. The topological polar surface area (TPSA) is 254 Å². The predicted molar refractivity (Wildman–Crippen MR) is 154 cm³/mol. The highest BCUT2D eigenvalue weighted by Gasteiger charge is 2.25. The Kier molecular flexibility index (Phi) is 7.99. The van der Waals surface area contributed by atoms with Crippen LogP contribution in [0.15, 0.2) is 64.3 Å². The lowest BCUT2D eigenvalue weighted by molar-refractivity contribution is -0.120. The van der Waals surface area contributed by atoms with Gasteiger partial charge in [0, 0.05) is 24.7 Å². The van der Waals surface area contributed by atoms with E-state index in [4.69, 9.17) is 16.6 Å². The Bertz CT molecular complexity index is 2070. The lowest BCUT2D eigenvalue weighted by Gasteiger charge is -2.16. The molecule has 0 radical (unpaired) electrons. The molecule has 228 valence electrons.